The van der Waals surface area contributed by atoms with Gasteiger partial charge in [0.2, 0.25) is 0 Å². The van der Waals surface area contributed by atoms with E-state index in [9.17, 15) is 9.90 Å². The lowest BCUT2D eigenvalue weighted by Gasteiger charge is -2.42. The molecular formula is C14H19NO3S. The van der Waals surface area contributed by atoms with Crippen LogP contribution in [0.25, 0.3) is 0 Å². The molecule has 4 nitrogen and oxygen atoms in total. The molecule has 0 saturated carbocycles. The molecular weight excluding hydrogens is 262 g/mol. The van der Waals surface area contributed by atoms with E-state index in [4.69, 9.17) is 4.74 Å². The number of benzene rings is 1. The number of hydrogen-bond acceptors (Lipinski definition) is 4. The van der Waals surface area contributed by atoms with Crippen LogP contribution in [0.3, 0.4) is 0 Å². The van der Waals surface area contributed by atoms with Gasteiger partial charge in [-0.25, -0.2) is 0 Å². The summed E-state index contributed by atoms with van der Waals surface area (Å²) in [6.45, 7) is 4.68. The first-order chi connectivity index (χ1) is 8.91. The van der Waals surface area contributed by atoms with Gasteiger partial charge in [-0.3, -0.25) is 4.79 Å². The molecule has 19 heavy (non-hydrogen) atoms. The lowest BCUT2D eigenvalue weighted by molar-refractivity contribution is -0.139. The molecule has 0 bridgehead atoms. The van der Waals surface area contributed by atoms with Crippen molar-refractivity contribution in [3.63, 3.8) is 0 Å². The summed E-state index contributed by atoms with van der Waals surface area (Å²) in [4.78, 5) is 14.9. The second-order valence-corrected chi connectivity index (χ2v) is 5.93. The fourth-order valence-electron chi connectivity index (χ4n) is 2.37. The zero-order valence-corrected chi connectivity index (χ0v) is 12.1. The second kappa shape index (κ2) is 5.53. The van der Waals surface area contributed by atoms with Crippen molar-refractivity contribution in [3.05, 3.63) is 29.8 Å². The third-order valence-electron chi connectivity index (χ3n) is 3.07. The quantitative estimate of drug-likeness (QED) is 0.809. The van der Waals surface area contributed by atoms with Crippen LogP contribution in [-0.4, -0.2) is 47.3 Å². The van der Waals surface area contributed by atoms with Gasteiger partial charge in [0.05, 0.1) is 18.3 Å². The molecule has 1 aliphatic rings. The van der Waals surface area contributed by atoms with Gasteiger partial charge in [0.1, 0.15) is 0 Å². The number of aliphatic hydroxyl groups is 1. The summed E-state index contributed by atoms with van der Waals surface area (Å²) in [6.07, 6.45) is -0.327. The van der Waals surface area contributed by atoms with Crippen LogP contribution in [0.4, 0.5) is 0 Å². The maximum absolute atomic E-state index is 12.5. The van der Waals surface area contributed by atoms with Crippen LogP contribution < -0.4 is 0 Å². The zero-order valence-electron chi connectivity index (χ0n) is 11.2. The molecule has 1 aliphatic heterocycles. The summed E-state index contributed by atoms with van der Waals surface area (Å²) in [5.41, 5.74) is 0.168. The highest BCUT2D eigenvalue weighted by Crippen LogP contribution is 2.23. The van der Waals surface area contributed by atoms with Crippen LogP contribution in [0.5, 0.6) is 0 Å². The Bertz CT molecular complexity index is 476. The van der Waals surface area contributed by atoms with E-state index in [-0.39, 0.29) is 18.6 Å². The number of amides is 1. The highest BCUT2D eigenvalue weighted by atomic mass is 32.1. The van der Waals surface area contributed by atoms with Crippen LogP contribution in [0, 0.1) is 0 Å². The summed E-state index contributed by atoms with van der Waals surface area (Å²) in [5, 5.41) is 9.26. The molecule has 104 valence electrons. The molecule has 5 heteroatoms. The summed E-state index contributed by atoms with van der Waals surface area (Å²) in [5.74, 6) is -0.0503. The predicted molar refractivity (Wildman–Crippen MR) is 75.6 cm³/mol. The van der Waals surface area contributed by atoms with Crippen LogP contribution in [0.2, 0.25) is 0 Å². The summed E-state index contributed by atoms with van der Waals surface area (Å²) in [7, 11) is 0. The number of aliphatic hydroxyl groups excluding tert-OH is 1. The van der Waals surface area contributed by atoms with Crippen LogP contribution in [0.15, 0.2) is 29.2 Å². The van der Waals surface area contributed by atoms with E-state index in [1.165, 1.54) is 0 Å². The number of hydrogen-bond donors (Lipinski definition) is 2. The molecule has 1 heterocycles. The molecule has 1 atom stereocenters. The zero-order chi connectivity index (χ0) is 14.0. The Hall–Kier alpha value is -1.04. The first-order valence-corrected chi connectivity index (χ1v) is 6.73. The van der Waals surface area contributed by atoms with Gasteiger partial charge in [-0.1, -0.05) is 6.07 Å². The lowest BCUT2D eigenvalue weighted by Crippen LogP contribution is -2.55. The van der Waals surface area contributed by atoms with E-state index < -0.39 is 5.60 Å². The Labute approximate surface area is 118 Å². The highest BCUT2D eigenvalue weighted by molar-refractivity contribution is 7.80. The van der Waals surface area contributed by atoms with E-state index in [0.29, 0.717) is 18.7 Å². The monoisotopic (exact) mass is 281 g/mol. The normalized spacial score (nSPS) is 22.3. The Morgan fingerprint density at radius 2 is 2.32 bits per heavy atom. The number of carbonyl (C=O) groups excluding carboxylic acids is 1. The van der Waals surface area contributed by atoms with Crippen molar-refractivity contribution in [3.8, 4) is 0 Å². The topological polar surface area (TPSA) is 49.8 Å². The number of rotatable bonds is 2. The molecule has 2 rings (SSSR count). The van der Waals surface area contributed by atoms with Gasteiger partial charge in [0.25, 0.3) is 5.91 Å². The third kappa shape index (κ3) is 3.49. The Balaban J connectivity index is 2.18. The van der Waals surface area contributed by atoms with Crippen molar-refractivity contribution in [2.45, 2.75) is 30.4 Å². The fraction of sp³-hybridized carbons (Fsp3) is 0.500. The highest BCUT2D eigenvalue weighted by Gasteiger charge is 2.35. The average Bonchev–Trinajstić information content (AvgIpc) is 2.36. The van der Waals surface area contributed by atoms with Crippen molar-refractivity contribution in [2.75, 3.05) is 19.7 Å². The second-order valence-electron chi connectivity index (χ2n) is 5.42. The van der Waals surface area contributed by atoms with Crippen molar-refractivity contribution in [1.29, 1.82) is 0 Å². The van der Waals surface area contributed by atoms with Crippen molar-refractivity contribution < 1.29 is 14.6 Å². The molecule has 1 aromatic carbocycles. The number of morpholine rings is 1. The van der Waals surface area contributed by atoms with Crippen molar-refractivity contribution in [1.82, 2.24) is 4.90 Å². The number of ether oxygens (including phenoxy) is 1. The largest absolute Gasteiger partial charge is 0.394 e. The molecule has 0 radical (unpaired) electrons. The summed E-state index contributed by atoms with van der Waals surface area (Å²) < 4.78 is 5.70. The minimum Gasteiger partial charge on any atom is -0.394 e. The maximum atomic E-state index is 12.5. The standard InChI is InChI=1S/C14H19NO3S/c1-14(2)9-15(7-11(8-16)18-14)13(17)10-4-3-5-12(19)6-10/h3-6,11,16,19H,7-9H2,1-2H3. The molecule has 0 aromatic heterocycles. The maximum Gasteiger partial charge on any atom is 0.254 e. The molecule has 1 fully saturated rings. The molecule has 1 N–H and O–H groups in total. The smallest absolute Gasteiger partial charge is 0.254 e. The Kier molecular flexibility index (Phi) is 4.18. The molecule has 0 aliphatic carbocycles. The van der Waals surface area contributed by atoms with Gasteiger partial charge >= 0.3 is 0 Å². The van der Waals surface area contributed by atoms with E-state index in [2.05, 4.69) is 12.6 Å². The third-order valence-corrected chi connectivity index (χ3v) is 3.34. The van der Waals surface area contributed by atoms with E-state index >= 15 is 0 Å². The van der Waals surface area contributed by atoms with Gasteiger partial charge in [0.15, 0.2) is 0 Å². The van der Waals surface area contributed by atoms with E-state index in [1.54, 1.807) is 17.0 Å². The number of thiol groups is 1. The molecule has 0 spiro atoms. The fourth-order valence-corrected chi connectivity index (χ4v) is 2.59. The van der Waals surface area contributed by atoms with E-state index in [1.807, 2.05) is 26.0 Å². The summed E-state index contributed by atoms with van der Waals surface area (Å²) >= 11 is 4.25. The molecule has 1 saturated heterocycles. The van der Waals surface area contributed by atoms with Crippen LogP contribution in [0.1, 0.15) is 24.2 Å². The van der Waals surface area contributed by atoms with Crippen molar-refractivity contribution in [2.24, 2.45) is 0 Å². The summed E-state index contributed by atoms with van der Waals surface area (Å²) in [6, 6.07) is 7.17. The van der Waals surface area contributed by atoms with Gasteiger partial charge in [0, 0.05) is 23.5 Å². The first kappa shape index (κ1) is 14.4. The van der Waals surface area contributed by atoms with Gasteiger partial charge in [-0.15, -0.1) is 12.6 Å². The Morgan fingerprint density at radius 3 is 2.95 bits per heavy atom. The SMILES string of the molecule is CC1(C)CN(C(=O)c2cccc(S)c2)CC(CO)O1. The van der Waals surface area contributed by atoms with Gasteiger partial charge in [-0.05, 0) is 32.0 Å². The number of carbonyl (C=O) groups is 1. The van der Waals surface area contributed by atoms with Crippen LogP contribution >= 0.6 is 12.6 Å². The molecule has 1 unspecified atom stereocenters. The molecule has 1 aromatic rings. The minimum atomic E-state index is -0.445. The minimum absolute atomic E-state index is 0.0503. The first-order valence-electron chi connectivity index (χ1n) is 6.28. The van der Waals surface area contributed by atoms with Crippen LogP contribution in [-0.2, 0) is 4.74 Å². The van der Waals surface area contributed by atoms with Crippen molar-refractivity contribution >= 4 is 18.5 Å². The lowest BCUT2D eigenvalue weighted by atomic mass is 10.0. The molecule has 1 amide bonds. The van der Waals surface area contributed by atoms with Gasteiger partial charge in [-0.2, -0.15) is 0 Å². The Morgan fingerprint density at radius 1 is 1.58 bits per heavy atom. The van der Waals surface area contributed by atoms with Gasteiger partial charge < -0.3 is 14.7 Å². The predicted octanol–water partition coefficient (Wildman–Crippen LogP) is 1.59. The average molecular weight is 281 g/mol. The number of nitrogens with zero attached hydrogens (tertiary/aromatic N) is 1. The van der Waals surface area contributed by atoms with E-state index in [0.717, 1.165) is 4.90 Å².